The van der Waals surface area contributed by atoms with Crippen LogP contribution < -0.4 is 11.2 Å². The number of carbonyl (C=O) groups is 1. The molecule has 37 heavy (non-hydrogen) atoms. The van der Waals surface area contributed by atoms with Gasteiger partial charge < -0.3 is 13.9 Å². The van der Waals surface area contributed by atoms with Crippen molar-refractivity contribution in [2.24, 2.45) is 0 Å². The largest absolute Gasteiger partial charge is 0.460 e. The van der Waals surface area contributed by atoms with Crippen molar-refractivity contribution in [1.82, 2.24) is 9.55 Å². The van der Waals surface area contributed by atoms with Crippen molar-refractivity contribution < 1.29 is 18.7 Å². The maximum absolute atomic E-state index is 13.1. The number of esters is 1. The number of aromatic nitrogens is 2. The number of hydrogen-bond acceptors (Lipinski definition) is 6. The van der Waals surface area contributed by atoms with E-state index < -0.39 is 44.0 Å². The standard InChI is InChI=1S/C28H38N2O6Si/c1-16(2)37(17(3)4,18(5)6)34-15-25-24(35-19(7)31)14-26(36-25)30-23-13-21-11-9-8-10-20(21)12-22(23)27(32)29-28(30)33/h8-13,16-18,24-26H,14-15H2,1-7H3,(H,29,32,33)/t24-,25+,26-/m0/s1. The zero-order valence-corrected chi connectivity index (χ0v) is 23.7. The van der Waals surface area contributed by atoms with Crippen LogP contribution in [0.5, 0.6) is 0 Å². The van der Waals surface area contributed by atoms with Crippen LogP contribution in [0, 0.1) is 0 Å². The lowest BCUT2D eigenvalue weighted by atomic mass is 10.1. The molecule has 4 rings (SSSR count). The van der Waals surface area contributed by atoms with Gasteiger partial charge >= 0.3 is 11.7 Å². The van der Waals surface area contributed by atoms with Gasteiger partial charge in [0.2, 0.25) is 0 Å². The fourth-order valence-electron chi connectivity index (χ4n) is 6.30. The summed E-state index contributed by atoms with van der Waals surface area (Å²) in [5.74, 6) is -0.413. The number of ether oxygens (including phenoxy) is 2. The summed E-state index contributed by atoms with van der Waals surface area (Å²) in [7, 11) is -2.20. The SMILES string of the molecule is CC(=O)O[C@H]1C[C@@H](n2c(=O)[nH]c(=O)c3cc4ccccc4cc32)O[C@@H]1CO[Si](C(C)C)(C(C)C)C(C)C. The van der Waals surface area contributed by atoms with Gasteiger partial charge in [-0.25, -0.2) is 4.79 Å². The summed E-state index contributed by atoms with van der Waals surface area (Å²) in [6, 6.07) is 11.3. The molecule has 0 bridgehead atoms. The summed E-state index contributed by atoms with van der Waals surface area (Å²) >= 11 is 0. The molecule has 1 saturated heterocycles. The minimum Gasteiger partial charge on any atom is -0.460 e. The monoisotopic (exact) mass is 526 g/mol. The molecule has 0 spiro atoms. The van der Waals surface area contributed by atoms with Gasteiger partial charge in [-0.2, -0.15) is 0 Å². The van der Waals surface area contributed by atoms with E-state index in [0.29, 0.717) is 27.5 Å². The maximum Gasteiger partial charge on any atom is 0.330 e. The fraction of sp³-hybridized carbons (Fsp3) is 0.536. The van der Waals surface area contributed by atoms with E-state index in [1.807, 2.05) is 30.3 Å². The Morgan fingerprint density at radius 1 is 1.05 bits per heavy atom. The molecular formula is C28H38N2O6Si. The lowest BCUT2D eigenvalue weighted by Crippen LogP contribution is -2.50. The van der Waals surface area contributed by atoms with Gasteiger partial charge in [0, 0.05) is 13.3 Å². The maximum atomic E-state index is 13.1. The molecule has 0 radical (unpaired) electrons. The molecule has 0 amide bonds. The topological polar surface area (TPSA) is 99.6 Å². The van der Waals surface area contributed by atoms with E-state index in [-0.39, 0.29) is 13.0 Å². The normalized spacial score (nSPS) is 20.5. The molecule has 1 aromatic heterocycles. The van der Waals surface area contributed by atoms with Crippen molar-refractivity contribution in [1.29, 1.82) is 0 Å². The number of nitrogens with zero attached hydrogens (tertiary/aromatic N) is 1. The summed E-state index contributed by atoms with van der Waals surface area (Å²) in [6.07, 6.45) is -1.55. The van der Waals surface area contributed by atoms with Gasteiger partial charge in [-0.3, -0.25) is 19.1 Å². The van der Waals surface area contributed by atoms with Crippen LogP contribution in [-0.2, 0) is 18.7 Å². The first-order valence-corrected chi connectivity index (χ1v) is 15.2. The van der Waals surface area contributed by atoms with E-state index in [2.05, 4.69) is 46.5 Å². The lowest BCUT2D eigenvalue weighted by Gasteiger charge is -2.42. The minimum absolute atomic E-state index is 0.272. The molecule has 3 atom stereocenters. The second kappa shape index (κ2) is 10.5. The first-order chi connectivity index (χ1) is 17.5. The Hall–Kier alpha value is -2.75. The van der Waals surface area contributed by atoms with Crippen LogP contribution >= 0.6 is 0 Å². The molecule has 3 aromatic rings. The van der Waals surface area contributed by atoms with E-state index in [1.54, 1.807) is 6.07 Å². The summed E-state index contributed by atoms with van der Waals surface area (Å²) < 4.78 is 20.3. The number of hydrogen-bond donors (Lipinski definition) is 1. The first kappa shape index (κ1) is 27.3. The number of benzene rings is 2. The zero-order chi connectivity index (χ0) is 27.1. The van der Waals surface area contributed by atoms with Crippen LogP contribution in [0.3, 0.4) is 0 Å². The lowest BCUT2D eigenvalue weighted by molar-refractivity contribution is -0.150. The molecule has 0 saturated carbocycles. The number of nitrogens with one attached hydrogen (secondary N) is 1. The van der Waals surface area contributed by atoms with Gasteiger partial charge in [-0.05, 0) is 39.5 Å². The highest BCUT2D eigenvalue weighted by Gasteiger charge is 2.47. The predicted octanol–water partition coefficient (Wildman–Crippen LogP) is 5.25. The molecule has 8 nitrogen and oxygen atoms in total. The third kappa shape index (κ3) is 5.04. The number of rotatable bonds is 8. The van der Waals surface area contributed by atoms with E-state index in [4.69, 9.17) is 13.9 Å². The third-order valence-corrected chi connectivity index (χ3v) is 13.9. The van der Waals surface area contributed by atoms with Crippen LogP contribution in [0.25, 0.3) is 21.7 Å². The molecule has 1 fully saturated rings. The molecule has 0 aliphatic carbocycles. The minimum atomic E-state index is -2.20. The molecular weight excluding hydrogens is 488 g/mol. The zero-order valence-electron chi connectivity index (χ0n) is 22.7. The second-order valence-corrected chi connectivity index (χ2v) is 16.4. The number of aromatic amines is 1. The van der Waals surface area contributed by atoms with Gasteiger partial charge in [-0.15, -0.1) is 0 Å². The van der Waals surface area contributed by atoms with Crippen LogP contribution in [-0.4, -0.2) is 42.7 Å². The van der Waals surface area contributed by atoms with Gasteiger partial charge in [0.1, 0.15) is 18.4 Å². The van der Waals surface area contributed by atoms with E-state index in [0.717, 1.165) is 10.8 Å². The summed E-state index contributed by atoms with van der Waals surface area (Å²) in [5, 5.41) is 2.21. The Bertz CT molecular complexity index is 1390. The second-order valence-electron chi connectivity index (χ2n) is 11.0. The average molecular weight is 527 g/mol. The van der Waals surface area contributed by atoms with Crippen molar-refractivity contribution in [2.45, 2.75) is 89.9 Å². The Morgan fingerprint density at radius 3 is 2.22 bits per heavy atom. The number of carbonyl (C=O) groups excluding carboxylic acids is 1. The Labute approximate surface area is 218 Å². The van der Waals surface area contributed by atoms with Crippen LogP contribution in [0.1, 0.15) is 61.1 Å². The van der Waals surface area contributed by atoms with Crippen molar-refractivity contribution >= 4 is 36.0 Å². The summed E-state index contributed by atoms with van der Waals surface area (Å²) in [5.41, 5.74) is 0.632. The third-order valence-electron chi connectivity index (χ3n) is 7.80. The molecule has 2 aromatic carbocycles. The van der Waals surface area contributed by atoms with Gasteiger partial charge in [0.25, 0.3) is 5.56 Å². The molecule has 9 heteroatoms. The summed E-state index contributed by atoms with van der Waals surface area (Å²) in [4.78, 5) is 40.2. The van der Waals surface area contributed by atoms with Crippen molar-refractivity contribution in [3.05, 3.63) is 57.2 Å². The van der Waals surface area contributed by atoms with Crippen molar-refractivity contribution in [3.63, 3.8) is 0 Å². The Kier molecular flexibility index (Phi) is 7.78. The van der Waals surface area contributed by atoms with Crippen molar-refractivity contribution in [2.75, 3.05) is 6.61 Å². The Balaban J connectivity index is 1.73. The van der Waals surface area contributed by atoms with E-state index in [9.17, 15) is 14.4 Å². The van der Waals surface area contributed by atoms with Crippen LogP contribution in [0.15, 0.2) is 46.0 Å². The number of fused-ring (bicyclic) bond motifs is 2. The smallest absolute Gasteiger partial charge is 0.330 e. The highest BCUT2D eigenvalue weighted by Crippen LogP contribution is 2.43. The molecule has 0 unspecified atom stereocenters. The first-order valence-electron chi connectivity index (χ1n) is 13.1. The predicted molar refractivity (Wildman–Crippen MR) is 147 cm³/mol. The average Bonchev–Trinajstić information content (AvgIpc) is 3.19. The van der Waals surface area contributed by atoms with E-state index >= 15 is 0 Å². The van der Waals surface area contributed by atoms with Crippen molar-refractivity contribution in [3.8, 4) is 0 Å². The van der Waals surface area contributed by atoms with Gasteiger partial charge in [0.05, 0.1) is 17.5 Å². The highest BCUT2D eigenvalue weighted by atomic mass is 28.4. The van der Waals surface area contributed by atoms with Crippen LogP contribution in [0.4, 0.5) is 0 Å². The van der Waals surface area contributed by atoms with E-state index in [1.165, 1.54) is 11.5 Å². The fourth-order valence-corrected chi connectivity index (χ4v) is 11.8. The van der Waals surface area contributed by atoms with Crippen LogP contribution in [0.2, 0.25) is 16.6 Å². The molecule has 1 aliphatic heterocycles. The quantitative estimate of drug-likeness (QED) is 0.244. The molecule has 1 aliphatic rings. The molecule has 2 heterocycles. The highest BCUT2D eigenvalue weighted by molar-refractivity contribution is 6.77. The summed E-state index contributed by atoms with van der Waals surface area (Å²) in [6.45, 7) is 14.9. The molecule has 200 valence electrons. The van der Waals surface area contributed by atoms with Gasteiger partial charge in [0.15, 0.2) is 8.32 Å². The molecule has 1 N–H and O–H groups in total. The Morgan fingerprint density at radius 2 is 1.65 bits per heavy atom. The van der Waals surface area contributed by atoms with Gasteiger partial charge in [-0.1, -0.05) is 65.8 Å². The number of H-pyrrole nitrogens is 1.